The standard InChI is InChI=1S/C34H40N4O7S/c1-22-18-38(23(2)21-39)34(40)30-17-27(36-46(41,42)33-24(3)35-45-25(33)4)13-16-31(30)44-32(22)20-37(5)19-26-11-14-29(15-12-26)43-28-9-7-6-8-10-28/h6-17,22-23,32,36,39H,18-21H2,1-5H3/t22-,23-,32+/m0/s1. The number of para-hydroxylation sites is 1. The van der Waals surface area contributed by atoms with Gasteiger partial charge in [0.05, 0.1) is 18.2 Å². The van der Waals surface area contributed by atoms with E-state index in [1.54, 1.807) is 30.9 Å². The Morgan fingerprint density at radius 2 is 1.78 bits per heavy atom. The third-order valence-electron chi connectivity index (χ3n) is 8.00. The number of carbonyl (C=O) groups excluding carboxylic acids is 1. The van der Waals surface area contributed by atoms with Crippen molar-refractivity contribution in [2.45, 2.75) is 51.3 Å². The molecule has 1 aromatic heterocycles. The molecule has 4 aromatic rings. The Bertz CT molecular complexity index is 1740. The summed E-state index contributed by atoms with van der Waals surface area (Å²) >= 11 is 0. The van der Waals surface area contributed by atoms with Crippen molar-refractivity contribution < 1.29 is 32.3 Å². The highest BCUT2D eigenvalue weighted by atomic mass is 32.2. The second-order valence-corrected chi connectivity index (χ2v) is 13.5. The highest BCUT2D eigenvalue weighted by Crippen LogP contribution is 2.32. The summed E-state index contributed by atoms with van der Waals surface area (Å²) in [6.45, 7) is 8.21. The van der Waals surface area contributed by atoms with Crippen molar-refractivity contribution in [3.63, 3.8) is 0 Å². The van der Waals surface area contributed by atoms with Gasteiger partial charge in [-0.2, -0.15) is 0 Å². The lowest BCUT2D eigenvalue weighted by Gasteiger charge is -2.38. The highest BCUT2D eigenvalue weighted by molar-refractivity contribution is 7.92. The molecule has 3 aromatic carbocycles. The maximum absolute atomic E-state index is 13.8. The number of benzene rings is 3. The quantitative estimate of drug-likeness (QED) is 0.224. The number of rotatable bonds is 11. The number of hydrogen-bond donors (Lipinski definition) is 2. The molecule has 5 rings (SSSR count). The zero-order valence-corrected chi connectivity index (χ0v) is 27.5. The van der Waals surface area contributed by atoms with Gasteiger partial charge in [0.1, 0.15) is 29.0 Å². The number of carbonyl (C=O) groups is 1. The predicted octanol–water partition coefficient (Wildman–Crippen LogP) is 5.24. The summed E-state index contributed by atoms with van der Waals surface area (Å²) in [5.74, 6) is 1.60. The summed E-state index contributed by atoms with van der Waals surface area (Å²) < 4.78 is 46.4. The number of fused-ring (bicyclic) bond motifs is 1. The predicted molar refractivity (Wildman–Crippen MR) is 174 cm³/mol. The SMILES string of the molecule is Cc1noc(C)c1S(=O)(=O)Nc1ccc2c(c1)C(=O)N([C@@H](C)CO)C[C@H](C)[C@@H](CN(C)Cc1ccc(Oc3ccccc3)cc1)O2. The van der Waals surface area contributed by atoms with Crippen LogP contribution in [0, 0.1) is 19.8 Å². The van der Waals surface area contributed by atoms with Crippen molar-refractivity contribution in [3.05, 3.63) is 95.4 Å². The van der Waals surface area contributed by atoms with E-state index in [-0.39, 0.29) is 52.1 Å². The molecule has 12 heteroatoms. The first kappa shape index (κ1) is 33.0. The van der Waals surface area contributed by atoms with Crippen molar-refractivity contribution in [3.8, 4) is 17.2 Å². The highest BCUT2D eigenvalue weighted by Gasteiger charge is 2.34. The van der Waals surface area contributed by atoms with E-state index >= 15 is 0 Å². The largest absolute Gasteiger partial charge is 0.488 e. The minimum absolute atomic E-state index is 0.0485. The topological polar surface area (TPSA) is 134 Å². The van der Waals surface area contributed by atoms with Gasteiger partial charge in [0.2, 0.25) is 0 Å². The van der Waals surface area contributed by atoms with E-state index in [1.165, 1.54) is 13.0 Å². The van der Waals surface area contributed by atoms with Crippen LogP contribution in [0.2, 0.25) is 0 Å². The van der Waals surface area contributed by atoms with Crippen LogP contribution < -0.4 is 14.2 Å². The molecule has 1 aliphatic heterocycles. The van der Waals surface area contributed by atoms with Gasteiger partial charge >= 0.3 is 0 Å². The molecule has 0 bridgehead atoms. The molecule has 0 saturated carbocycles. The second kappa shape index (κ2) is 13.9. The number of likely N-dealkylation sites (N-methyl/N-ethyl adjacent to an activating group) is 1. The van der Waals surface area contributed by atoms with Crippen molar-refractivity contribution in [1.29, 1.82) is 0 Å². The van der Waals surface area contributed by atoms with Crippen LogP contribution >= 0.6 is 0 Å². The molecule has 0 saturated heterocycles. The number of ether oxygens (including phenoxy) is 2. The molecule has 0 fully saturated rings. The maximum Gasteiger partial charge on any atom is 0.267 e. The zero-order chi connectivity index (χ0) is 33.0. The van der Waals surface area contributed by atoms with E-state index < -0.39 is 16.1 Å². The first-order valence-corrected chi connectivity index (χ1v) is 16.6. The van der Waals surface area contributed by atoms with Crippen molar-refractivity contribution in [2.75, 3.05) is 31.5 Å². The molecule has 1 amide bonds. The molecule has 0 aliphatic carbocycles. The molecular formula is C34H40N4O7S. The Labute approximate surface area is 269 Å². The fraction of sp³-hybridized carbons (Fsp3) is 0.353. The molecule has 2 N–H and O–H groups in total. The minimum Gasteiger partial charge on any atom is -0.488 e. The minimum atomic E-state index is -4.04. The number of aryl methyl sites for hydroxylation is 2. The van der Waals surface area contributed by atoms with Gasteiger partial charge < -0.3 is 24.0 Å². The molecule has 1 aliphatic rings. The Balaban J connectivity index is 1.35. The van der Waals surface area contributed by atoms with Gasteiger partial charge in [-0.1, -0.05) is 42.4 Å². The van der Waals surface area contributed by atoms with Crippen LogP contribution in [0.15, 0.2) is 82.2 Å². The van der Waals surface area contributed by atoms with Gasteiger partial charge in [-0.3, -0.25) is 14.4 Å². The Morgan fingerprint density at radius 1 is 1.09 bits per heavy atom. The number of aliphatic hydroxyl groups is 1. The summed E-state index contributed by atoms with van der Waals surface area (Å²) in [4.78, 5) is 17.5. The molecule has 11 nitrogen and oxygen atoms in total. The number of nitrogens with zero attached hydrogens (tertiary/aromatic N) is 3. The average molecular weight is 649 g/mol. The number of amides is 1. The first-order chi connectivity index (χ1) is 21.9. The first-order valence-electron chi connectivity index (χ1n) is 15.1. The van der Waals surface area contributed by atoms with Crippen molar-refractivity contribution in [2.24, 2.45) is 5.92 Å². The van der Waals surface area contributed by atoms with E-state index in [0.717, 1.165) is 17.1 Å². The second-order valence-electron chi connectivity index (χ2n) is 11.8. The summed E-state index contributed by atoms with van der Waals surface area (Å²) in [7, 11) is -2.03. The van der Waals surface area contributed by atoms with Crippen LogP contribution in [0.5, 0.6) is 17.2 Å². The zero-order valence-electron chi connectivity index (χ0n) is 26.6. The molecule has 0 spiro atoms. The van der Waals surface area contributed by atoms with Gasteiger partial charge in [0.25, 0.3) is 15.9 Å². The third kappa shape index (κ3) is 7.52. The monoisotopic (exact) mass is 648 g/mol. The maximum atomic E-state index is 13.8. The summed E-state index contributed by atoms with van der Waals surface area (Å²) in [6, 6.07) is 21.7. The fourth-order valence-electron chi connectivity index (χ4n) is 5.54. The normalized spacial score (nSPS) is 17.5. The van der Waals surface area contributed by atoms with E-state index in [4.69, 9.17) is 14.0 Å². The van der Waals surface area contributed by atoms with Crippen LogP contribution in [0.1, 0.15) is 41.2 Å². The summed E-state index contributed by atoms with van der Waals surface area (Å²) in [5.41, 5.74) is 1.72. The van der Waals surface area contributed by atoms with Crippen LogP contribution in [0.4, 0.5) is 5.69 Å². The number of aliphatic hydroxyl groups excluding tert-OH is 1. The number of aromatic nitrogens is 1. The number of hydrogen-bond acceptors (Lipinski definition) is 9. The average Bonchev–Trinajstić information content (AvgIpc) is 3.38. The molecule has 46 heavy (non-hydrogen) atoms. The lowest BCUT2D eigenvalue weighted by Crippen LogP contribution is -2.49. The Kier molecular flexibility index (Phi) is 10.00. The molecule has 0 radical (unpaired) electrons. The third-order valence-corrected chi connectivity index (χ3v) is 9.62. The fourth-order valence-corrected chi connectivity index (χ4v) is 6.92. The lowest BCUT2D eigenvalue weighted by molar-refractivity contribution is 0.0341. The summed E-state index contributed by atoms with van der Waals surface area (Å²) in [6.07, 6.45) is -0.309. The number of anilines is 1. The molecule has 244 valence electrons. The molecule has 3 atom stereocenters. The van der Waals surface area contributed by atoms with Gasteiger partial charge in [0.15, 0.2) is 10.7 Å². The lowest BCUT2D eigenvalue weighted by atomic mass is 9.99. The van der Waals surface area contributed by atoms with Gasteiger partial charge in [-0.05, 0) is 75.8 Å². The number of nitrogens with one attached hydrogen (secondary N) is 1. The van der Waals surface area contributed by atoms with Gasteiger partial charge in [0, 0.05) is 31.2 Å². The Morgan fingerprint density at radius 3 is 2.43 bits per heavy atom. The molecule has 0 unspecified atom stereocenters. The van der Waals surface area contributed by atoms with Crippen molar-refractivity contribution in [1.82, 2.24) is 15.0 Å². The van der Waals surface area contributed by atoms with Gasteiger partial charge in [-0.15, -0.1) is 0 Å². The molecule has 2 heterocycles. The van der Waals surface area contributed by atoms with Crippen LogP contribution in [0.3, 0.4) is 0 Å². The van der Waals surface area contributed by atoms with E-state index in [1.807, 2.05) is 68.6 Å². The van der Waals surface area contributed by atoms with Crippen LogP contribution in [0.25, 0.3) is 0 Å². The molecular weight excluding hydrogens is 608 g/mol. The van der Waals surface area contributed by atoms with E-state index in [9.17, 15) is 18.3 Å². The smallest absolute Gasteiger partial charge is 0.267 e. The van der Waals surface area contributed by atoms with Gasteiger partial charge in [-0.25, -0.2) is 8.42 Å². The Hall–Kier alpha value is -4.39. The van der Waals surface area contributed by atoms with E-state index in [0.29, 0.717) is 25.4 Å². The van der Waals surface area contributed by atoms with E-state index in [2.05, 4.69) is 14.8 Å². The van der Waals surface area contributed by atoms with Crippen molar-refractivity contribution >= 4 is 21.6 Å². The van der Waals surface area contributed by atoms with Crippen LogP contribution in [-0.2, 0) is 16.6 Å². The number of sulfonamides is 1. The summed E-state index contributed by atoms with van der Waals surface area (Å²) in [5, 5.41) is 13.7. The van der Waals surface area contributed by atoms with Crippen LogP contribution in [-0.4, -0.2) is 73.3 Å².